The van der Waals surface area contributed by atoms with Gasteiger partial charge in [0.1, 0.15) is 5.75 Å². The van der Waals surface area contributed by atoms with Crippen molar-refractivity contribution in [2.24, 2.45) is 0 Å². The van der Waals surface area contributed by atoms with Crippen LogP contribution in [-0.4, -0.2) is 23.2 Å². The molecule has 0 aliphatic rings. The summed E-state index contributed by atoms with van der Waals surface area (Å²) < 4.78 is 0. The van der Waals surface area contributed by atoms with Crippen LogP contribution in [0.5, 0.6) is 5.75 Å². The topological polar surface area (TPSA) is 78.4 Å². The zero-order valence-corrected chi connectivity index (χ0v) is 13.2. The fraction of sp³-hybridized carbons (Fsp3) is 0.0667. The smallest absolute Gasteiger partial charge is 0.314 e. The molecule has 2 amide bonds. The number of carbonyl (C=O) groups is 2. The number of anilines is 2. The second-order valence-electron chi connectivity index (χ2n) is 4.30. The van der Waals surface area contributed by atoms with Crippen molar-refractivity contribution in [1.82, 2.24) is 0 Å². The van der Waals surface area contributed by atoms with Gasteiger partial charge in [-0.3, -0.25) is 9.59 Å². The number of phenolic OH excluding ortho intramolecular Hbond substituents is 1. The summed E-state index contributed by atoms with van der Waals surface area (Å²) in [5.41, 5.74) is 0.591. The zero-order valence-electron chi connectivity index (χ0n) is 11.6. The molecule has 0 saturated heterocycles. The molecule has 0 aliphatic carbocycles. The zero-order chi connectivity index (χ0) is 16.1. The van der Waals surface area contributed by atoms with E-state index in [4.69, 9.17) is 11.6 Å². The van der Waals surface area contributed by atoms with E-state index < -0.39 is 11.8 Å². The van der Waals surface area contributed by atoms with Crippen molar-refractivity contribution in [2.45, 2.75) is 4.90 Å². The van der Waals surface area contributed by atoms with E-state index in [2.05, 4.69) is 10.6 Å². The Morgan fingerprint density at radius 2 is 1.82 bits per heavy atom. The van der Waals surface area contributed by atoms with Gasteiger partial charge in [-0.2, -0.15) is 0 Å². The van der Waals surface area contributed by atoms with Gasteiger partial charge in [-0.1, -0.05) is 17.7 Å². The second kappa shape index (κ2) is 7.20. The second-order valence-corrected chi connectivity index (χ2v) is 5.62. The molecule has 114 valence electrons. The number of hydrogen-bond donors (Lipinski definition) is 3. The van der Waals surface area contributed by atoms with Gasteiger partial charge < -0.3 is 15.7 Å². The normalized spacial score (nSPS) is 10.1. The molecule has 0 fully saturated rings. The maximum Gasteiger partial charge on any atom is 0.314 e. The Balaban J connectivity index is 2.06. The SMILES string of the molecule is CSc1cccc(NC(=O)C(=O)Nc2cc(Cl)ccc2O)c1. The number of carbonyl (C=O) groups excluding carboxylic acids is 2. The minimum Gasteiger partial charge on any atom is -0.506 e. The molecule has 22 heavy (non-hydrogen) atoms. The highest BCUT2D eigenvalue weighted by Crippen LogP contribution is 2.26. The molecule has 0 spiro atoms. The lowest BCUT2D eigenvalue weighted by atomic mass is 10.3. The van der Waals surface area contributed by atoms with Gasteiger partial charge in [0, 0.05) is 15.6 Å². The number of thioether (sulfide) groups is 1. The first-order chi connectivity index (χ1) is 10.5. The molecular weight excluding hydrogens is 324 g/mol. The third-order valence-corrected chi connectivity index (χ3v) is 3.70. The largest absolute Gasteiger partial charge is 0.506 e. The van der Waals surface area contributed by atoms with Crippen molar-refractivity contribution in [3.05, 3.63) is 47.5 Å². The number of hydrogen-bond acceptors (Lipinski definition) is 4. The monoisotopic (exact) mass is 336 g/mol. The van der Waals surface area contributed by atoms with Crippen LogP contribution in [0, 0.1) is 0 Å². The molecule has 2 aromatic rings. The number of rotatable bonds is 3. The standard InChI is InChI=1S/C15H13ClN2O3S/c1-22-11-4-2-3-10(8-11)17-14(20)15(21)18-12-7-9(16)5-6-13(12)19/h2-8,19H,1H3,(H,17,20)(H,18,21). The summed E-state index contributed by atoms with van der Waals surface area (Å²) in [6.45, 7) is 0. The van der Waals surface area contributed by atoms with Crippen molar-refractivity contribution < 1.29 is 14.7 Å². The van der Waals surface area contributed by atoms with E-state index in [-0.39, 0.29) is 11.4 Å². The summed E-state index contributed by atoms with van der Waals surface area (Å²) in [4.78, 5) is 24.7. The summed E-state index contributed by atoms with van der Waals surface area (Å²) in [5.74, 6) is -1.90. The van der Waals surface area contributed by atoms with Crippen LogP contribution < -0.4 is 10.6 Å². The molecule has 2 rings (SSSR count). The third kappa shape index (κ3) is 4.16. The van der Waals surface area contributed by atoms with Crippen LogP contribution in [0.4, 0.5) is 11.4 Å². The van der Waals surface area contributed by atoms with E-state index in [1.54, 1.807) is 18.2 Å². The predicted molar refractivity (Wildman–Crippen MR) is 88.6 cm³/mol. The first kappa shape index (κ1) is 16.2. The number of aromatic hydroxyl groups is 1. The highest BCUT2D eigenvalue weighted by atomic mass is 35.5. The van der Waals surface area contributed by atoms with E-state index >= 15 is 0 Å². The van der Waals surface area contributed by atoms with Crippen LogP contribution in [0.2, 0.25) is 5.02 Å². The summed E-state index contributed by atoms with van der Waals surface area (Å²) in [6.07, 6.45) is 1.91. The van der Waals surface area contributed by atoms with E-state index in [0.29, 0.717) is 10.7 Å². The fourth-order valence-corrected chi connectivity index (χ4v) is 2.31. The highest BCUT2D eigenvalue weighted by molar-refractivity contribution is 7.98. The van der Waals surface area contributed by atoms with Gasteiger partial charge in [0.05, 0.1) is 5.69 Å². The summed E-state index contributed by atoms with van der Waals surface area (Å²) in [7, 11) is 0. The van der Waals surface area contributed by atoms with Gasteiger partial charge in [-0.05, 0) is 42.7 Å². The Hall–Kier alpha value is -2.18. The maximum absolute atomic E-state index is 11.9. The Labute approximate surface area is 136 Å². The molecule has 0 radical (unpaired) electrons. The van der Waals surface area contributed by atoms with Gasteiger partial charge in [-0.25, -0.2) is 0 Å². The van der Waals surface area contributed by atoms with Crippen LogP contribution in [0.15, 0.2) is 47.4 Å². The molecule has 0 aromatic heterocycles. The van der Waals surface area contributed by atoms with Crippen molar-refractivity contribution in [2.75, 3.05) is 16.9 Å². The maximum atomic E-state index is 11.9. The first-order valence-electron chi connectivity index (χ1n) is 6.24. The highest BCUT2D eigenvalue weighted by Gasteiger charge is 2.16. The van der Waals surface area contributed by atoms with Crippen LogP contribution in [0.25, 0.3) is 0 Å². The van der Waals surface area contributed by atoms with Crippen LogP contribution in [0.1, 0.15) is 0 Å². The molecule has 0 bridgehead atoms. The molecule has 0 aliphatic heterocycles. The van der Waals surface area contributed by atoms with E-state index in [9.17, 15) is 14.7 Å². The number of amides is 2. The number of halogens is 1. The Morgan fingerprint density at radius 1 is 1.09 bits per heavy atom. The summed E-state index contributed by atoms with van der Waals surface area (Å²) >= 11 is 7.30. The van der Waals surface area contributed by atoms with Crippen LogP contribution >= 0.6 is 23.4 Å². The molecule has 2 aromatic carbocycles. The number of nitrogens with one attached hydrogen (secondary N) is 2. The average Bonchev–Trinajstić information content (AvgIpc) is 2.51. The minimum atomic E-state index is -0.896. The molecule has 5 nitrogen and oxygen atoms in total. The fourth-order valence-electron chi connectivity index (χ4n) is 1.68. The predicted octanol–water partition coefficient (Wildman–Crippen LogP) is 3.34. The van der Waals surface area contributed by atoms with Crippen molar-refractivity contribution in [3.63, 3.8) is 0 Å². The van der Waals surface area contributed by atoms with E-state index in [0.717, 1.165) is 4.90 Å². The molecular formula is C15H13ClN2O3S. The summed E-state index contributed by atoms with van der Waals surface area (Å²) in [6, 6.07) is 11.3. The van der Waals surface area contributed by atoms with Crippen molar-refractivity contribution in [1.29, 1.82) is 0 Å². The Kier molecular flexibility index (Phi) is 5.30. The van der Waals surface area contributed by atoms with Gasteiger partial charge >= 0.3 is 11.8 Å². The van der Waals surface area contributed by atoms with Gasteiger partial charge in [0.25, 0.3) is 0 Å². The van der Waals surface area contributed by atoms with Crippen LogP contribution in [0.3, 0.4) is 0 Å². The molecule has 7 heteroatoms. The lowest BCUT2D eigenvalue weighted by Gasteiger charge is -2.09. The third-order valence-electron chi connectivity index (χ3n) is 2.74. The molecule has 0 saturated carbocycles. The number of phenols is 1. The minimum absolute atomic E-state index is 0.0746. The first-order valence-corrected chi connectivity index (χ1v) is 7.85. The molecule has 0 unspecified atom stereocenters. The molecule has 0 atom stereocenters. The Morgan fingerprint density at radius 3 is 2.55 bits per heavy atom. The average molecular weight is 337 g/mol. The van der Waals surface area contributed by atoms with Gasteiger partial charge in [0.2, 0.25) is 0 Å². The summed E-state index contributed by atoms with van der Waals surface area (Å²) in [5, 5.41) is 14.8. The van der Waals surface area contributed by atoms with Gasteiger partial charge in [0.15, 0.2) is 0 Å². The van der Waals surface area contributed by atoms with E-state index in [1.807, 2.05) is 12.3 Å². The van der Waals surface area contributed by atoms with Crippen LogP contribution in [-0.2, 0) is 9.59 Å². The van der Waals surface area contributed by atoms with Crippen molar-refractivity contribution in [3.8, 4) is 5.75 Å². The van der Waals surface area contributed by atoms with Crippen molar-refractivity contribution >= 4 is 46.6 Å². The quantitative estimate of drug-likeness (QED) is 0.456. The number of benzene rings is 2. The lowest BCUT2D eigenvalue weighted by Crippen LogP contribution is -2.29. The van der Waals surface area contributed by atoms with Gasteiger partial charge in [-0.15, -0.1) is 11.8 Å². The van der Waals surface area contributed by atoms with E-state index in [1.165, 1.54) is 30.0 Å². The lowest BCUT2D eigenvalue weighted by molar-refractivity contribution is -0.133. The molecule has 0 heterocycles. The molecule has 3 N–H and O–H groups in total. The Bertz CT molecular complexity index is 722.